The molecule has 1 heterocycles. The lowest BCUT2D eigenvalue weighted by molar-refractivity contribution is 0.463. The first-order valence-corrected chi connectivity index (χ1v) is 6.90. The average molecular weight is 265 g/mol. The molecule has 0 radical (unpaired) electrons. The van der Waals surface area contributed by atoms with Gasteiger partial charge in [-0.25, -0.2) is 4.98 Å². The van der Waals surface area contributed by atoms with Crippen molar-refractivity contribution in [2.24, 2.45) is 0 Å². The van der Waals surface area contributed by atoms with Crippen LogP contribution in [0.3, 0.4) is 0 Å². The molecule has 0 aliphatic rings. The van der Waals surface area contributed by atoms with Gasteiger partial charge in [0, 0.05) is 12.3 Å². The summed E-state index contributed by atoms with van der Waals surface area (Å²) in [5.74, 6) is 1.43. The van der Waals surface area contributed by atoms with Gasteiger partial charge in [-0.05, 0) is 35.4 Å². The van der Waals surface area contributed by atoms with E-state index in [1.807, 2.05) is 57.2 Å². The molecule has 2 heteroatoms. The van der Waals surface area contributed by atoms with Crippen LogP contribution in [0.4, 0.5) is 0 Å². The first kappa shape index (κ1) is 14.1. The Morgan fingerprint density at radius 1 is 0.850 bits per heavy atom. The first-order chi connectivity index (χ1) is 9.81. The molecule has 3 rings (SSSR count). The molecule has 3 aromatic rings. The van der Waals surface area contributed by atoms with Crippen molar-refractivity contribution in [2.75, 3.05) is 0 Å². The molecule has 0 fully saturated rings. The SMILES string of the molecule is CC.Cc1ccc(Oc2ccc3ccccc3c2)nc1. The van der Waals surface area contributed by atoms with Crippen LogP contribution in [-0.2, 0) is 0 Å². The van der Waals surface area contributed by atoms with Crippen LogP contribution in [0.2, 0.25) is 0 Å². The molecule has 0 bridgehead atoms. The molecule has 20 heavy (non-hydrogen) atoms. The van der Waals surface area contributed by atoms with Crippen molar-refractivity contribution >= 4 is 10.8 Å². The topological polar surface area (TPSA) is 22.1 Å². The fraction of sp³-hybridized carbons (Fsp3) is 0.167. The number of pyridine rings is 1. The van der Waals surface area contributed by atoms with Crippen molar-refractivity contribution in [1.82, 2.24) is 4.98 Å². The number of aryl methyl sites for hydroxylation is 1. The summed E-state index contributed by atoms with van der Waals surface area (Å²) in [6.07, 6.45) is 1.80. The molecule has 2 aromatic carbocycles. The van der Waals surface area contributed by atoms with E-state index in [4.69, 9.17) is 4.74 Å². The van der Waals surface area contributed by atoms with Crippen LogP contribution >= 0.6 is 0 Å². The highest BCUT2D eigenvalue weighted by molar-refractivity contribution is 5.83. The molecule has 0 spiro atoms. The van der Waals surface area contributed by atoms with E-state index >= 15 is 0 Å². The lowest BCUT2D eigenvalue weighted by Crippen LogP contribution is -1.87. The van der Waals surface area contributed by atoms with Crippen LogP contribution < -0.4 is 4.74 Å². The first-order valence-electron chi connectivity index (χ1n) is 6.90. The molecule has 1 aromatic heterocycles. The third-order valence-corrected chi connectivity index (χ3v) is 2.83. The normalized spacial score (nSPS) is 9.75. The van der Waals surface area contributed by atoms with E-state index < -0.39 is 0 Å². The number of rotatable bonds is 2. The zero-order valence-electron chi connectivity index (χ0n) is 12.1. The van der Waals surface area contributed by atoms with Crippen molar-refractivity contribution < 1.29 is 4.74 Å². The Morgan fingerprint density at radius 3 is 2.30 bits per heavy atom. The summed E-state index contributed by atoms with van der Waals surface area (Å²) in [7, 11) is 0. The van der Waals surface area contributed by atoms with Crippen molar-refractivity contribution in [3.05, 3.63) is 66.4 Å². The lowest BCUT2D eigenvalue weighted by Gasteiger charge is -2.06. The number of fused-ring (bicyclic) bond motifs is 1. The minimum absolute atomic E-state index is 0.621. The summed E-state index contributed by atoms with van der Waals surface area (Å²) in [5, 5.41) is 2.38. The van der Waals surface area contributed by atoms with E-state index in [0.717, 1.165) is 11.3 Å². The lowest BCUT2D eigenvalue weighted by atomic mass is 10.1. The van der Waals surface area contributed by atoms with Crippen LogP contribution in [0.5, 0.6) is 11.6 Å². The average Bonchev–Trinajstić information content (AvgIpc) is 2.51. The standard InChI is InChI=1S/C16H13NO.C2H6/c1-12-6-9-16(17-11-12)18-15-8-7-13-4-2-3-5-14(13)10-15;1-2/h2-11H,1H3;1-2H3. The van der Waals surface area contributed by atoms with Crippen LogP contribution in [0.25, 0.3) is 10.8 Å². The molecular formula is C18H19NO. The molecule has 0 aliphatic heterocycles. The molecule has 0 saturated heterocycles. The summed E-state index contributed by atoms with van der Waals surface area (Å²) >= 11 is 0. The Morgan fingerprint density at radius 2 is 1.60 bits per heavy atom. The highest BCUT2D eigenvalue weighted by Crippen LogP contribution is 2.24. The maximum absolute atomic E-state index is 5.73. The maximum Gasteiger partial charge on any atom is 0.219 e. The predicted octanol–water partition coefficient (Wildman–Crippen LogP) is 5.36. The van der Waals surface area contributed by atoms with Crippen LogP contribution in [-0.4, -0.2) is 4.98 Å². The predicted molar refractivity (Wildman–Crippen MR) is 84.3 cm³/mol. The highest BCUT2D eigenvalue weighted by Gasteiger charge is 1.99. The van der Waals surface area contributed by atoms with E-state index in [2.05, 4.69) is 23.2 Å². The molecule has 102 valence electrons. The fourth-order valence-electron chi connectivity index (χ4n) is 1.87. The summed E-state index contributed by atoms with van der Waals surface area (Å²) in [6.45, 7) is 6.01. The van der Waals surface area contributed by atoms with Crippen LogP contribution in [0.15, 0.2) is 60.8 Å². The van der Waals surface area contributed by atoms with Gasteiger partial charge < -0.3 is 4.74 Å². The Labute approximate surface area is 120 Å². The number of ether oxygens (including phenoxy) is 1. The van der Waals surface area contributed by atoms with Gasteiger partial charge in [-0.3, -0.25) is 0 Å². The fourth-order valence-corrected chi connectivity index (χ4v) is 1.87. The van der Waals surface area contributed by atoms with Crippen molar-refractivity contribution in [1.29, 1.82) is 0 Å². The van der Waals surface area contributed by atoms with Crippen LogP contribution in [0.1, 0.15) is 19.4 Å². The zero-order chi connectivity index (χ0) is 14.4. The second-order valence-electron chi connectivity index (χ2n) is 4.28. The Kier molecular flexibility index (Phi) is 4.72. The summed E-state index contributed by atoms with van der Waals surface area (Å²) < 4.78 is 5.73. The Hall–Kier alpha value is -2.35. The minimum Gasteiger partial charge on any atom is -0.439 e. The van der Waals surface area contributed by atoms with Crippen molar-refractivity contribution in [3.8, 4) is 11.6 Å². The number of nitrogens with zero attached hydrogens (tertiary/aromatic N) is 1. The molecule has 2 nitrogen and oxygen atoms in total. The van der Waals surface area contributed by atoms with E-state index in [9.17, 15) is 0 Å². The van der Waals surface area contributed by atoms with Gasteiger partial charge in [0.25, 0.3) is 0 Å². The molecule has 0 N–H and O–H groups in total. The summed E-state index contributed by atoms with van der Waals surface area (Å²) in [4.78, 5) is 4.23. The maximum atomic E-state index is 5.73. The van der Waals surface area contributed by atoms with E-state index in [1.54, 1.807) is 6.20 Å². The van der Waals surface area contributed by atoms with Gasteiger partial charge in [-0.2, -0.15) is 0 Å². The molecule has 0 atom stereocenters. The van der Waals surface area contributed by atoms with Gasteiger partial charge in [0.15, 0.2) is 0 Å². The number of benzene rings is 2. The molecule has 0 amide bonds. The largest absolute Gasteiger partial charge is 0.439 e. The monoisotopic (exact) mass is 265 g/mol. The van der Waals surface area contributed by atoms with Gasteiger partial charge in [0.05, 0.1) is 0 Å². The summed E-state index contributed by atoms with van der Waals surface area (Å²) in [6, 6.07) is 18.1. The van der Waals surface area contributed by atoms with Gasteiger partial charge in [-0.1, -0.05) is 50.2 Å². The second kappa shape index (κ2) is 6.71. The van der Waals surface area contributed by atoms with Gasteiger partial charge in [-0.15, -0.1) is 0 Å². The third kappa shape index (κ3) is 3.35. The van der Waals surface area contributed by atoms with Gasteiger partial charge in [0.2, 0.25) is 5.88 Å². The molecule has 0 unspecified atom stereocenters. The highest BCUT2D eigenvalue weighted by atomic mass is 16.5. The van der Waals surface area contributed by atoms with Crippen molar-refractivity contribution in [3.63, 3.8) is 0 Å². The number of aromatic nitrogens is 1. The van der Waals surface area contributed by atoms with Crippen LogP contribution in [0, 0.1) is 6.92 Å². The summed E-state index contributed by atoms with van der Waals surface area (Å²) in [5.41, 5.74) is 1.13. The molecule has 0 saturated carbocycles. The second-order valence-corrected chi connectivity index (χ2v) is 4.28. The van der Waals surface area contributed by atoms with Crippen molar-refractivity contribution in [2.45, 2.75) is 20.8 Å². The number of hydrogen-bond donors (Lipinski definition) is 0. The number of hydrogen-bond acceptors (Lipinski definition) is 2. The van der Waals surface area contributed by atoms with E-state index in [1.165, 1.54) is 10.8 Å². The quantitative estimate of drug-likeness (QED) is 0.622. The molecule has 0 aliphatic carbocycles. The smallest absolute Gasteiger partial charge is 0.219 e. The Balaban J connectivity index is 0.000000704. The van der Waals surface area contributed by atoms with Gasteiger partial charge >= 0.3 is 0 Å². The zero-order valence-corrected chi connectivity index (χ0v) is 12.1. The third-order valence-electron chi connectivity index (χ3n) is 2.83. The molecular weight excluding hydrogens is 246 g/mol. The van der Waals surface area contributed by atoms with Gasteiger partial charge in [0.1, 0.15) is 5.75 Å². The Bertz CT molecular complexity index is 674. The van der Waals surface area contributed by atoms with E-state index in [0.29, 0.717) is 5.88 Å². The van der Waals surface area contributed by atoms with E-state index in [-0.39, 0.29) is 0 Å². The minimum atomic E-state index is 0.621.